The van der Waals surface area contributed by atoms with E-state index in [9.17, 15) is 5.11 Å². The lowest BCUT2D eigenvalue weighted by molar-refractivity contribution is 0.238. The number of benzene rings is 1. The van der Waals surface area contributed by atoms with Crippen LogP contribution >= 0.6 is 15.9 Å². The molecule has 0 heterocycles. The summed E-state index contributed by atoms with van der Waals surface area (Å²) in [5, 5.41) is 9.78. The van der Waals surface area contributed by atoms with Gasteiger partial charge in [-0.1, -0.05) is 53.7 Å². The van der Waals surface area contributed by atoms with Gasteiger partial charge in [0.15, 0.2) is 0 Å². The molecule has 0 aliphatic carbocycles. The number of hydrogen-bond acceptors (Lipinski definition) is 1. The topological polar surface area (TPSA) is 20.2 Å². The van der Waals surface area contributed by atoms with Crippen LogP contribution in [0.15, 0.2) is 28.7 Å². The number of hydrogen-bond donors (Lipinski definition) is 1. The minimum absolute atomic E-state index is 0.658. The molecular weight excluding hydrogens is 264 g/mol. The molecule has 86 valence electrons. The van der Waals surface area contributed by atoms with E-state index >= 15 is 0 Å². The van der Waals surface area contributed by atoms with Gasteiger partial charge in [-0.15, -0.1) is 5.92 Å². The molecule has 0 aromatic heterocycles. The molecule has 0 fully saturated rings. The Labute approximate surface area is 106 Å². The molecular formula is C14H17BrO. The quantitative estimate of drug-likeness (QED) is 0.651. The molecule has 2 heteroatoms. The van der Waals surface area contributed by atoms with Gasteiger partial charge in [0.1, 0.15) is 6.10 Å². The van der Waals surface area contributed by atoms with E-state index in [0.717, 1.165) is 22.9 Å². The van der Waals surface area contributed by atoms with Gasteiger partial charge < -0.3 is 5.11 Å². The number of aliphatic hydroxyl groups excluding tert-OH is 1. The Bertz CT molecular complexity index is 359. The second-order valence-corrected chi connectivity index (χ2v) is 4.65. The minimum Gasteiger partial charge on any atom is -0.376 e. The first kappa shape index (κ1) is 13.3. The standard InChI is InChI=1S/C14H17BrO/c1-2-3-4-5-6-7-14(16)12-8-10-13(15)11-9-12/h8-11,14,16H,2-5H2,1H3. The lowest BCUT2D eigenvalue weighted by Crippen LogP contribution is -1.92. The molecule has 1 aromatic rings. The Morgan fingerprint density at radius 1 is 1.25 bits per heavy atom. The molecule has 16 heavy (non-hydrogen) atoms. The number of unbranched alkanes of at least 4 members (excludes halogenated alkanes) is 3. The fraction of sp³-hybridized carbons (Fsp3) is 0.429. The summed E-state index contributed by atoms with van der Waals surface area (Å²) in [6, 6.07) is 7.60. The molecule has 1 unspecified atom stereocenters. The highest BCUT2D eigenvalue weighted by Crippen LogP contribution is 2.16. The Morgan fingerprint density at radius 2 is 1.94 bits per heavy atom. The van der Waals surface area contributed by atoms with E-state index in [-0.39, 0.29) is 0 Å². The second kappa shape index (κ2) is 7.49. The molecule has 1 N–H and O–H groups in total. The van der Waals surface area contributed by atoms with Crippen molar-refractivity contribution in [2.75, 3.05) is 0 Å². The van der Waals surface area contributed by atoms with Gasteiger partial charge in [-0.2, -0.15) is 0 Å². The molecule has 0 aliphatic rings. The summed E-state index contributed by atoms with van der Waals surface area (Å²) in [6.07, 6.45) is 3.76. The molecule has 1 aromatic carbocycles. The largest absolute Gasteiger partial charge is 0.376 e. The maximum absolute atomic E-state index is 9.78. The van der Waals surface area contributed by atoms with Crippen molar-refractivity contribution < 1.29 is 5.11 Å². The highest BCUT2D eigenvalue weighted by molar-refractivity contribution is 9.10. The van der Waals surface area contributed by atoms with Crippen LogP contribution < -0.4 is 0 Å². The Hall–Kier alpha value is -0.780. The van der Waals surface area contributed by atoms with Gasteiger partial charge in [0.2, 0.25) is 0 Å². The summed E-state index contributed by atoms with van der Waals surface area (Å²) in [7, 11) is 0. The second-order valence-electron chi connectivity index (χ2n) is 3.73. The number of halogens is 1. The van der Waals surface area contributed by atoms with Crippen molar-refractivity contribution in [2.24, 2.45) is 0 Å². The number of aliphatic hydroxyl groups is 1. The lowest BCUT2D eigenvalue weighted by Gasteiger charge is -2.02. The van der Waals surface area contributed by atoms with Gasteiger partial charge in [-0.05, 0) is 24.1 Å². The highest BCUT2D eigenvalue weighted by atomic mass is 79.9. The third-order valence-corrected chi connectivity index (χ3v) is 2.86. The van der Waals surface area contributed by atoms with E-state index < -0.39 is 6.10 Å². The average molecular weight is 281 g/mol. The van der Waals surface area contributed by atoms with Crippen molar-refractivity contribution in [3.63, 3.8) is 0 Å². The maximum atomic E-state index is 9.78. The molecule has 0 saturated carbocycles. The lowest BCUT2D eigenvalue weighted by atomic mass is 10.1. The molecule has 1 rings (SSSR count). The maximum Gasteiger partial charge on any atom is 0.140 e. The van der Waals surface area contributed by atoms with Crippen molar-refractivity contribution in [1.29, 1.82) is 0 Å². The fourth-order valence-corrected chi connectivity index (χ4v) is 1.62. The van der Waals surface area contributed by atoms with Crippen LogP contribution in [0.2, 0.25) is 0 Å². The Morgan fingerprint density at radius 3 is 2.56 bits per heavy atom. The van der Waals surface area contributed by atoms with Crippen LogP contribution in [-0.4, -0.2) is 5.11 Å². The van der Waals surface area contributed by atoms with E-state index in [1.54, 1.807) is 0 Å². The van der Waals surface area contributed by atoms with Crippen LogP contribution in [0.5, 0.6) is 0 Å². The van der Waals surface area contributed by atoms with Crippen LogP contribution in [0.1, 0.15) is 44.3 Å². The van der Waals surface area contributed by atoms with Crippen molar-refractivity contribution in [3.8, 4) is 11.8 Å². The van der Waals surface area contributed by atoms with Gasteiger partial charge >= 0.3 is 0 Å². The van der Waals surface area contributed by atoms with E-state index in [0.29, 0.717) is 0 Å². The SMILES string of the molecule is CCCCCC#CC(O)c1ccc(Br)cc1. The molecule has 0 radical (unpaired) electrons. The zero-order valence-electron chi connectivity index (χ0n) is 9.54. The summed E-state index contributed by atoms with van der Waals surface area (Å²) in [5.74, 6) is 5.89. The average Bonchev–Trinajstić information content (AvgIpc) is 2.29. The van der Waals surface area contributed by atoms with Crippen LogP contribution in [-0.2, 0) is 0 Å². The third-order valence-electron chi connectivity index (χ3n) is 2.33. The minimum atomic E-state index is -0.658. The molecule has 1 nitrogen and oxygen atoms in total. The summed E-state index contributed by atoms with van der Waals surface area (Å²) in [6.45, 7) is 2.17. The van der Waals surface area contributed by atoms with E-state index in [1.807, 2.05) is 24.3 Å². The van der Waals surface area contributed by atoms with Gasteiger partial charge in [0, 0.05) is 10.9 Å². The predicted molar refractivity (Wildman–Crippen MR) is 71.0 cm³/mol. The van der Waals surface area contributed by atoms with Gasteiger partial charge in [0.25, 0.3) is 0 Å². The highest BCUT2D eigenvalue weighted by Gasteiger charge is 2.01. The summed E-state index contributed by atoms with van der Waals surface area (Å²) < 4.78 is 1.01. The Balaban J connectivity index is 2.45. The van der Waals surface area contributed by atoms with Gasteiger partial charge in [-0.25, -0.2) is 0 Å². The van der Waals surface area contributed by atoms with Crippen molar-refractivity contribution in [3.05, 3.63) is 34.3 Å². The van der Waals surface area contributed by atoms with Gasteiger partial charge in [-0.3, -0.25) is 0 Å². The zero-order chi connectivity index (χ0) is 11.8. The summed E-state index contributed by atoms with van der Waals surface area (Å²) >= 11 is 3.36. The molecule has 0 amide bonds. The molecule has 0 spiro atoms. The van der Waals surface area contributed by atoms with Crippen molar-refractivity contribution in [2.45, 2.75) is 38.7 Å². The van der Waals surface area contributed by atoms with E-state index in [2.05, 4.69) is 34.7 Å². The predicted octanol–water partition coefficient (Wildman–Crippen LogP) is 4.07. The normalized spacial score (nSPS) is 11.7. The van der Waals surface area contributed by atoms with Crippen molar-refractivity contribution in [1.82, 2.24) is 0 Å². The first-order chi connectivity index (χ1) is 7.74. The van der Waals surface area contributed by atoms with Crippen LogP contribution in [0.25, 0.3) is 0 Å². The summed E-state index contributed by atoms with van der Waals surface area (Å²) in [5.41, 5.74) is 0.853. The third kappa shape index (κ3) is 4.83. The molecule has 1 atom stereocenters. The van der Waals surface area contributed by atoms with E-state index in [1.165, 1.54) is 12.8 Å². The van der Waals surface area contributed by atoms with E-state index in [4.69, 9.17) is 0 Å². The molecule has 0 bridgehead atoms. The van der Waals surface area contributed by atoms with Crippen LogP contribution in [0.3, 0.4) is 0 Å². The first-order valence-electron chi connectivity index (χ1n) is 5.66. The molecule has 0 aliphatic heterocycles. The fourth-order valence-electron chi connectivity index (χ4n) is 1.36. The molecule has 0 saturated heterocycles. The first-order valence-corrected chi connectivity index (χ1v) is 6.45. The zero-order valence-corrected chi connectivity index (χ0v) is 11.1. The van der Waals surface area contributed by atoms with Gasteiger partial charge in [0.05, 0.1) is 0 Å². The van der Waals surface area contributed by atoms with Crippen molar-refractivity contribution >= 4 is 15.9 Å². The Kier molecular flexibility index (Phi) is 6.22. The summed E-state index contributed by atoms with van der Waals surface area (Å²) in [4.78, 5) is 0. The number of rotatable bonds is 4. The monoisotopic (exact) mass is 280 g/mol. The van der Waals surface area contributed by atoms with Crippen LogP contribution in [0, 0.1) is 11.8 Å². The smallest absolute Gasteiger partial charge is 0.140 e. The van der Waals surface area contributed by atoms with Crippen LogP contribution in [0.4, 0.5) is 0 Å².